The van der Waals surface area contributed by atoms with Crippen molar-refractivity contribution >= 4 is 15.9 Å². The first-order chi connectivity index (χ1) is 9.44. The molecule has 1 aliphatic rings. The van der Waals surface area contributed by atoms with Crippen LogP contribution in [0.25, 0.3) is 0 Å². The van der Waals surface area contributed by atoms with Crippen molar-refractivity contribution in [1.82, 2.24) is 19.4 Å². The summed E-state index contributed by atoms with van der Waals surface area (Å²) in [4.78, 5) is 13.9. The lowest BCUT2D eigenvalue weighted by atomic mass is 9.98. The molecule has 0 aliphatic carbocycles. The van der Waals surface area contributed by atoms with Crippen LogP contribution < -0.4 is 4.72 Å². The zero-order valence-corrected chi connectivity index (χ0v) is 12.3. The molecule has 1 aromatic rings. The van der Waals surface area contributed by atoms with Crippen LogP contribution >= 0.6 is 0 Å². The second-order valence-corrected chi connectivity index (χ2v) is 7.01. The zero-order chi connectivity index (χ0) is 14.6. The van der Waals surface area contributed by atoms with Gasteiger partial charge in [-0.25, -0.2) is 13.1 Å². The number of aromatic nitrogens is 2. The summed E-state index contributed by atoms with van der Waals surface area (Å²) >= 11 is 0. The number of likely N-dealkylation sites (tertiary alicyclic amines) is 1. The standard InChI is InChI=1S/C12H20N4O3S/c1-20(18,19)14-8-11-4-2-6-15(9-11)12(17)10-16-7-3-5-13-16/h3,5,7,11,14H,2,4,6,8-10H2,1H3. The van der Waals surface area contributed by atoms with Gasteiger partial charge in [-0.1, -0.05) is 0 Å². The molecule has 1 aliphatic heterocycles. The molecule has 1 atom stereocenters. The van der Waals surface area contributed by atoms with Crippen molar-refractivity contribution in [1.29, 1.82) is 0 Å². The van der Waals surface area contributed by atoms with Gasteiger partial charge < -0.3 is 4.90 Å². The van der Waals surface area contributed by atoms with Crippen LogP contribution in [0.5, 0.6) is 0 Å². The third-order valence-electron chi connectivity index (χ3n) is 3.36. The molecule has 7 nitrogen and oxygen atoms in total. The van der Waals surface area contributed by atoms with Crippen LogP contribution in [0.4, 0.5) is 0 Å². The fourth-order valence-electron chi connectivity index (χ4n) is 2.36. The van der Waals surface area contributed by atoms with Gasteiger partial charge in [-0.2, -0.15) is 5.10 Å². The largest absolute Gasteiger partial charge is 0.341 e. The van der Waals surface area contributed by atoms with Gasteiger partial charge in [0.05, 0.1) is 6.26 Å². The highest BCUT2D eigenvalue weighted by molar-refractivity contribution is 7.88. The summed E-state index contributed by atoms with van der Waals surface area (Å²) in [5.74, 6) is 0.206. The van der Waals surface area contributed by atoms with E-state index in [4.69, 9.17) is 0 Å². The average Bonchev–Trinajstić information content (AvgIpc) is 2.89. The first-order valence-corrected chi connectivity index (χ1v) is 8.53. The lowest BCUT2D eigenvalue weighted by Crippen LogP contribution is -2.44. The molecule has 2 rings (SSSR count). The van der Waals surface area contributed by atoms with Crippen molar-refractivity contribution in [3.63, 3.8) is 0 Å². The Labute approximate surface area is 119 Å². The molecule has 0 spiro atoms. The highest BCUT2D eigenvalue weighted by Gasteiger charge is 2.24. The quantitative estimate of drug-likeness (QED) is 0.807. The fourth-order valence-corrected chi connectivity index (χ4v) is 2.90. The van der Waals surface area contributed by atoms with E-state index in [-0.39, 0.29) is 18.4 Å². The van der Waals surface area contributed by atoms with Crippen LogP contribution in [-0.2, 0) is 21.4 Å². The highest BCUT2D eigenvalue weighted by atomic mass is 32.2. The number of nitrogens with one attached hydrogen (secondary N) is 1. The summed E-state index contributed by atoms with van der Waals surface area (Å²) in [5, 5.41) is 4.02. The number of piperidine rings is 1. The number of hydrogen-bond acceptors (Lipinski definition) is 4. The van der Waals surface area contributed by atoms with Crippen LogP contribution in [0.15, 0.2) is 18.5 Å². The molecule has 0 aromatic carbocycles. The predicted octanol–water partition coefficient (Wildman–Crippen LogP) is -0.329. The van der Waals surface area contributed by atoms with Crippen molar-refractivity contribution in [2.45, 2.75) is 19.4 Å². The Balaban J connectivity index is 1.85. The Kier molecular flexibility index (Phi) is 4.77. The van der Waals surface area contributed by atoms with Gasteiger partial charge in [0.15, 0.2) is 0 Å². The van der Waals surface area contributed by atoms with Crippen LogP contribution in [0.2, 0.25) is 0 Å². The van der Waals surface area contributed by atoms with E-state index >= 15 is 0 Å². The van der Waals surface area contributed by atoms with Crippen LogP contribution in [0.3, 0.4) is 0 Å². The molecule has 8 heteroatoms. The monoisotopic (exact) mass is 300 g/mol. The van der Waals surface area contributed by atoms with E-state index in [1.54, 1.807) is 28.0 Å². The minimum atomic E-state index is -3.17. The molecule has 2 heterocycles. The summed E-state index contributed by atoms with van der Waals surface area (Å²) in [6.45, 7) is 1.96. The third kappa shape index (κ3) is 4.61. The van der Waals surface area contributed by atoms with E-state index < -0.39 is 10.0 Å². The van der Waals surface area contributed by atoms with Gasteiger partial charge >= 0.3 is 0 Å². The van der Waals surface area contributed by atoms with Crippen molar-refractivity contribution in [2.75, 3.05) is 25.9 Å². The first kappa shape index (κ1) is 15.0. The maximum absolute atomic E-state index is 12.1. The minimum Gasteiger partial charge on any atom is -0.341 e. The summed E-state index contributed by atoms with van der Waals surface area (Å²) in [6, 6.07) is 1.78. The molecule has 1 unspecified atom stereocenters. The molecule has 1 amide bonds. The average molecular weight is 300 g/mol. The summed E-state index contributed by atoms with van der Waals surface area (Å²) < 4.78 is 26.3. The Morgan fingerprint density at radius 1 is 1.50 bits per heavy atom. The zero-order valence-electron chi connectivity index (χ0n) is 11.5. The molecule has 0 saturated carbocycles. The second-order valence-electron chi connectivity index (χ2n) is 5.17. The normalized spacial score (nSPS) is 20.1. The number of rotatable bonds is 5. The highest BCUT2D eigenvalue weighted by Crippen LogP contribution is 2.16. The number of amides is 1. The summed E-state index contributed by atoms with van der Waals surface area (Å²) in [7, 11) is -3.17. The Morgan fingerprint density at radius 3 is 2.95 bits per heavy atom. The molecule has 0 bridgehead atoms. The molecule has 0 radical (unpaired) electrons. The van der Waals surface area contributed by atoms with Gasteiger partial charge in [0, 0.05) is 32.0 Å². The van der Waals surface area contributed by atoms with E-state index in [0.29, 0.717) is 13.1 Å². The number of hydrogen-bond donors (Lipinski definition) is 1. The van der Waals surface area contributed by atoms with Gasteiger partial charge in [0.1, 0.15) is 6.54 Å². The van der Waals surface area contributed by atoms with E-state index in [2.05, 4.69) is 9.82 Å². The smallest absolute Gasteiger partial charge is 0.244 e. The van der Waals surface area contributed by atoms with Gasteiger partial charge in [-0.3, -0.25) is 9.48 Å². The van der Waals surface area contributed by atoms with Gasteiger partial charge in [0.25, 0.3) is 0 Å². The molecule has 112 valence electrons. The molecule has 1 aromatic heterocycles. The number of sulfonamides is 1. The predicted molar refractivity (Wildman–Crippen MR) is 74.4 cm³/mol. The third-order valence-corrected chi connectivity index (χ3v) is 4.05. The minimum absolute atomic E-state index is 0.0257. The molecule has 20 heavy (non-hydrogen) atoms. The van der Waals surface area contributed by atoms with Crippen molar-refractivity contribution in [3.8, 4) is 0 Å². The van der Waals surface area contributed by atoms with E-state index in [1.165, 1.54) is 0 Å². The molecular formula is C12H20N4O3S. The van der Waals surface area contributed by atoms with Crippen molar-refractivity contribution < 1.29 is 13.2 Å². The van der Waals surface area contributed by atoms with Crippen LogP contribution in [0.1, 0.15) is 12.8 Å². The van der Waals surface area contributed by atoms with Crippen molar-refractivity contribution in [2.24, 2.45) is 5.92 Å². The van der Waals surface area contributed by atoms with Gasteiger partial charge in [0.2, 0.25) is 15.9 Å². The van der Waals surface area contributed by atoms with Gasteiger partial charge in [-0.05, 0) is 24.8 Å². The number of carbonyl (C=O) groups is 1. The van der Waals surface area contributed by atoms with E-state index in [0.717, 1.165) is 25.6 Å². The first-order valence-electron chi connectivity index (χ1n) is 6.64. The number of carbonyl (C=O) groups excluding carboxylic acids is 1. The molecule has 1 saturated heterocycles. The lowest BCUT2D eigenvalue weighted by Gasteiger charge is -2.32. The van der Waals surface area contributed by atoms with E-state index in [9.17, 15) is 13.2 Å². The summed E-state index contributed by atoms with van der Waals surface area (Å²) in [5.41, 5.74) is 0. The second kappa shape index (κ2) is 6.36. The Hall–Kier alpha value is -1.41. The Bertz CT molecular complexity index is 541. The van der Waals surface area contributed by atoms with E-state index in [1.807, 2.05) is 0 Å². The maximum Gasteiger partial charge on any atom is 0.244 e. The molecular weight excluding hydrogens is 280 g/mol. The fraction of sp³-hybridized carbons (Fsp3) is 0.667. The van der Waals surface area contributed by atoms with Crippen LogP contribution in [-0.4, -0.2) is 54.9 Å². The molecule has 1 N–H and O–H groups in total. The number of nitrogens with zero attached hydrogens (tertiary/aromatic N) is 3. The topological polar surface area (TPSA) is 84.3 Å². The van der Waals surface area contributed by atoms with Gasteiger partial charge in [-0.15, -0.1) is 0 Å². The van der Waals surface area contributed by atoms with Crippen molar-refractivity contribution in [3.05, 3.63) is 18.5 Å². The summed E-state index contributed by atoms with van der Waals surface area (Å²) in [6.07, 6.45) is 6.39. The SMILES string of the molecule is CS(=O)(=O)NCC1CCCN(C(=O)Cn2cccn2)C1. The maximum atomic E-state index is 12.1. The molecule has 1 fully saturated rings. The Morgan fingerprint density at radius 2 is 2.30 bits per heavy atom. The van der Waals surface area contributed by atoms with Crippen LogP contribution in [0, 0.1) is 5.92 Å². The lowest BCUT2D eigenvalue weighted by molar-refractivity contribution is -0.133.